The summed E-state index contributed by atoms with van der Waals surface area (Å²) in [5.74, 6) is 2.36. The van der Waals surface area contributed by atoms with Crippen LogP contribution in [0.3, 0.4) is 0 Å². The fourth-order valence-electron chi connectivity index (χ4n) is 3.31. The van der Waals surface area contributed by atoms with Crippen molar-refractivity contribution < 1.29 is 9.21 Å². The summed E-state index contributed by atoms with van der Waals surface area (Å²) in [6.45, 7) is 2.95. The zero-order chi connectivity index (χ0) is 16.5. The van der Waals surface area contributed by atoms with E-state index in [1.807, 2.05) is 23.1 Å². The molecule has 6 heteroatoms. The number of amides is 1. The topological polar surface area (TPSA) is 73.4 Å². The van der Waals surface area contributed by atoms with E-state index in [1.165, 1.54) is 0 Å². The fourth-order valence-corrected chi connectivity index (χ4v) is 3.31. The minimum atomic E-state index is 0.0794. The van der Waals surface area contributed by atoms with Gasteiger partial charge in [-0.25, -0.2) is 4.98 Å². The van der Waals surface area contributed by atoms with Crippen molar-refractivity contribution in [2.75, 3.05) is 31.1 Å². The number of hydrogen-bond donors (Lipinski definition) is 0. The summed E-state index contributed by atoms with van der Waals surface area (Å²) in [7, 11) is 0. The molecule has 1 aliphatic carbocycles. The highest BCUT2D eigenvalue weighted by atomic mass is 16.3. The Morgan fingerprint density at radius 3 is 2.71 bits per heavy atom. The third-order valence-electron chi connectivity index (χ3n) is 4.81. The van der Waals surface area contributed by atoms with Crippen LogP contribution in [-0.4, -0.2) is 42.0 Å². The van der Waals surface area contributed by atoms with Crippen molar-refractivity contribution in [3.05, 3.63) is 48.0 Å². The number of rotatable bonds is 3. The second kappa shape index (κ2) is 6.00. The summed E-state index contributed by atoms with van der Waals surface area (Å²) in [5.41, 5.74) is 0.560. The maximum absolute atomic E-state index is 12.6. The van der Waals surface area contributed by atoms with Gasteiger partial charge in [0.2, 0.25) is 5.91 Å². The fraction of sp³-hybridized carbons (Fsp3) is 0.389. The second-order valence-corrected chi connectivity index (χ2v) is 6.29. The van der Waals surface area contributed by atoms with Gasteiger partial charge in [-0.2, -0.15) is 5.26 Å². The average Bonchev–Trinajstić information content (AvgIpc) is 3.26. The van der Waals surface area contributed by atoms with E-state index < -0.39 is 0 Å². The molecule has 122 valence electrons. The van der Waals surface area contributed by atoms with E-state index in [1.54, 1.807) is 18.5 Å². The molecule has 2 aliphatic rings. The van der Waals surface area contributed by atoms with Crippen molar-refractivity contribution >= 4 is 11.7 Å². The van der Waals surface area contributed by atoms with Crippen LogP contribution in [0.25, 0.3) is 0 Å². The Morgan fingerprint density at radius 2 is 2.08 bits per heavy atom. The van der Waals surface area contributed by atoms with Gasteiger partial charge in [-0.3, -0.25) is 4.79 Å². The first kappa shape index (κ1) is 14.8. The normalized spacial score (nSPS) is 23.0. The molecule has 2 atom stereocenters. The summed E-state index contributed by atoms with van der Waals surface area (Å²) < 4.78 is 5.41. The van der Waals surface area contributed by atoms with Gasteiger partial charge in [0, 0.05) is 44.2 Å². The number of carbonyl (C=O) groups excluding carboxylic acids is 1. The van der Waals surface area contributed by atoms with Crippen molar-refractivity contribution in [2.24, 2.45) is 5.92 Å². The third kappa shape index (κ3) is 2.73. The number of carbonyl (C=O) groups is 1. The highest BCUT2D eigenvalue weighted by Crippen LogP contribution is 2.48. The lowest BCUT2D eigenvalue weighted by atomic mass is 10.2. The first-order valence-electron chi connectivity index (χ1n) is 8.19. The van der Waals surface area contributed by atoms with Crippen molar-refractivity contribution in [2.45, 2.75) is 12.3 Å². The molecular weight excluding hydrogens is 304 g/mol. The number of pyridine rings is 1. The largest absolute Gasteiger partial charge is 0.469 e. The molecule has 0 aromatic carbocycles. The van der Waals surface area contributed by atoms with Crippen LogP contribution < -0.4 is 4.90 Å². The van der Waals surface area contributed by atoms with Crippen LogP contribution in [0.15, 0.2) is 41.1 Å². The molecule has 0 spiro atoms. The van der Waals surface area contributed by atoms with Crippen LogP contribution in [0.5, 0.6) is 0 Å². The maximum atomic E-state index is 12.6. The molecule has 0 unspecified atom stereocenters. The van der Waals surface area contributed by atoms with Gasteiger partial charge in [0.15, 0.2) is 0 Å². The Kier molecular flexibility index (Phi) is 3.69. The number of nitriles is 1. The van der Waals surface area contributed by atoms with Gasteiger partial charge in [-0.1, -0.05) is 0 Å². The minimum Gasteiger partial charge on any atom is -0.469 e. The molecule has 2 aromatic heterocycles. The third-order valence-corrected chi connectivity index (χ3v) is 4.81. The van der Waals surface area contributed by atoms with Crippen molar-refractivity contribution in [1.82, 2.24) is 9.88 Å². The van der Waals surface area contributed by atoms with E-state index in [-0.39, 0.29) is 17.7 Å². The molecule has 1 amide bonds. The molecule has 6 nitrogen and oxygen atoms in total. The van der Waals surface area contributed by atoms with Crippen LogP contribution in [0.2, 0.25) is 0 Å². The first-order valence-corrected chi connectivity index (χ1v) is 8.19. The van der Waals surface area contributed by atoms with E-state index in [4.69, 9.17) is 9.68 Å². The Bertz CT molecular complexity index is 755. The molecular formula is C18H18N4O2. The lowest BCUT2D eigenvalue weighted by molar-refractivity contribution is -0.133. The average molecular weight is 322 g/mol. The van der Waals surface area contributed by atoms with Crippen molar-refractivity contribution in [1.29, 1.82) is 5.26 Å². The van der Waals surface area contributed by atoms with Gasteiger partial charge < -0.3 is 14.2 Å². The smallest absolute Gasteiger partial charge is 0.226 e. The molecule has 24 heavy (non-hydrogen) atoms. The molecule has 0 radical (unpaired) electrons. The summed E-state index contributed by atoms with van der Waals surface area (Å²) in [5, 5.41) is 8.83. The number of aromatic nitrogens is 1. The molecule has 1 saturated heterocycles. The molecule has 2 fully saturated rings. The standard InChI is InChI=1S/C18H18N4O2/c19-11-13-3-4-17(20-12-13)21-5-7-22(8-6-21)18(23)15-10-14(15)16-2-1-9-24-16/h1-4,9,12,14-15H,5-8,10H2/t14-,15-/m1/s1. The second-order valence-electron chi connectivity index (χ2n) is 6.29. The predicted molar refractivity (Wildman–Crippen MR) is 87.3 cm³/mol. The number of furan rings is 1. The molecule has 3 heterocycles. The highest BCUT2D eigenvalue weighted by Gasteiger charge is 2.47. The van der Waals surface area contributed by atoms with Gasteiger partial charge >= 0.3 is 0 Å². The molecule has 4 rings (SSSR count). The van der Waals surface area contributed by atoms with E-state index in [2.05, 4.69) is 16.0 Å². The first-order chi connectivity index (χ1) is 11.8. The molecule has 1 saturated carbocycles. The summed E-state index contributed by atoms with van der Waals surface area (Å²) in [4.78, 5) is 21.0. The zero-order valence-electron chi connectivity index (χ0n) is 13.3. The van der Waals surface area contributed by atoms with Gasteiger partial charge in [0.1, 0.15) is 17.6 Å². The number of hydrogen-bond acceptors (Lipinski definition) is 5. The van der Waals surface area contributed by atoms with Crippen LogP contribution in [-0.2, 0) is 4.79 Å². The van der Waals surface area contributed by atoms with E-state index >= 15 is 0 Å². The summed E-state index contributed by atoms with van der Waals surface area (Å²) in [6, 6.07) is 9.54. The Labute approximate surface area is 140 Å². The van der Waals surface area contributed by atoms with E-state index in [0.717, 1.165) is 31.1 Å². The monoisotopic (exact) mass is 322 g/mol. The number of piperazine rings is 1. The van der Waals surface area contributed by atoms with Crippen molar-refractivity contribution in [3.8, 4) is 6.07 Å². The van der Waals surface area contributed by atoms with Gasteiger partial charge in [0.05, 0.1) is 11.8 Å². The van der Waals surface area contributed by atoms with Crippen molar-refractivity contribution in [3.63, 3.8) is 0 Å². The maximum Gasteiger partial charge on any atom is 0.226 e. The summed E-state index contributed by atoms with van der Waals surface area (Å²) >= 11 is 0. The van der Waals surface area contributed by atoms with E-state index in [0.29, 0.717) is 18.7 Å². The van der Waals surface area contributed by atoms with Crippen LogP contribution in [0.1, 0.15) is 23.7 Å². The van der Waals surface area contributed by atoms with E-state index in [9.17, 15) is 4.79 Å². The van der Waals surface area contributed by atoms with Gasteiger partial charge in [-0.05, 0) is 30.7 Å². The van der Waals surface area contributed by atoms with Gasteiger partial charge in [0.25, 0.3) is 0 Å². The quantitative estimate of drug-likeness (QED) is 0.864. The zero-order valence-corrected chi connectivity index (χ0v) is 13.3. The molecule has 0 N–H and O–H groups in total. The molecule has 0 bridgehead atoms. The molecule has 2 aromatic rings. The van der Waals surface area contributed by atoms with Gasteiger partial charge in [-0.15, -0.1) is 0 Å². The number of nitrogens with zero attached hydrogens (tertiary/aromatic N) is 4. The Morgan fingerprint density at radius 1 is 1.25 bits per heavy atom. The highest BCUT2D eigenvalue weighted by molar-refractivity contribution is 5.83. The minimum absolute atomic E-state index is 0.0794. The SMILES string of the molecule is N#Cc1ccc(N2CCN(C(=O)[C@@H]3C[C@H]3c3ccco3)CC2)nc1. The number of anilines is 1. The lowest BCUT2D eigenvalue weighted by Gasteiger charge is -2.35. The Balaban J connectivity index is 1.33. The lowest BCUT2D eigenvalue weighted by Crippen LogP contribution is -2.49. The summed E-state index contributed by atoms with van der Waals surface area (Å²) in [6.07, 6.45) is 4.15. The Hall–Kier alpha value is -2.81. The predicted octanol–water partition coefficient (Wildman–Crippen LogP) is 2.00. The molecule has 1 aliphatic heterocycles. The van der Waals surface area contributed by atoms with Crippen LogP contribution in [0, 0.1) is 17.2 Å². The van der Waals surface area contributed by atoms with Crippen LogP contribution >= 0.6 is 0 Å². The van der Waals surface area contributed by atoms with Crippen LogP contribution in [0.4, 0.5) is 5.82 Å².